The number of halogens is 1. The molecule has 1 aliphatic rings. The Morgan fingerprint density at radius 2 is 1.94 bits per heavy atom. The van der Waals surface area contributed by atoms with Crippen LogP contribution in [0.3, 0.4) is 0 Å². The number of ether oxygens (including phenoxy) is 1. The average molecular weight is 471 g/mol. The van der Waals surface area contributed by atoms with Gasteiger partial charge in [0, 0.05) is 35.8 Å². The Balaban J connectivity index is 1.44. The summed E-state index contributed by atoms with van der Waals surface area (Å²) in [5, 5.41) is 2.73. The van der Waals surface area contributed by atoms with Crippen LogP contribution < -0.4 is 5.32 Å². The van der Waals surface area contributed by atoms with Crippen molar-refractivity contribution in [3.63, 3.8) is 0 Å². The van der Waals surface area contributed by atoms with E-state index in [0.717, 1.165) is 22.2 Å². The Morgan fingerprint density at radius 1 is 1.16 bits per heavy atom. The largest absolute Gasteiger partial charge is 0.380 e. The SMILES string of the molecule is COCc1c(C(=O)NCCN2C(=O)S/C(=C\c3ccccc3)C2=O)sc2cccc(F)c12. The van der Waals surface area contributed by atoms with Crippen molar-refractivity contribution in [1.29, 1.82) is 0 Å². The average Bonchev–Trinajstić information content (AvgIpc) is 3.28. The zero-order valence-corrected chi connectivity index (χ0v) is 18.7. The van der Waals surface area contributed by atoms with Crippen LogP contribution in [0.2, 0.25) is 0 Å². The summed E-state index contributed by atoms with van der Waals surface area (Å²) in [5.74, 6) is -1.19. The van der Waals surface area contributed by atoms with Gasteiger partial charge in [0.05, 0.1) is 16.4 Å². The number of imide groups is 1. The number of hydrogen-bond acceptors (Lipinski definition) is 6. The van der Waals surface area contributed by atoms with Crippen LogP contribution in [0.15, 0.2) is 53.4 Å². The summed E-state index contributed by atoms with van der Waals surface area (Å²) >= 11 is 2.05. The topological polar surface area (TPSA) is 75.7 Å². The Bertz CT molecular complexity index is 1220. The van der Waals surface area contributed by atoms with Crippen molar-refractivity contribution in [3.8, 4) is 0 Å². The third-order valence-electron chi connectivity index (χ3n) is 4.85. The lowest BCUT2D eigenvalue weighted by molar-refractivity contribution is -0.122. The van der Waals surface area contributed by atoms with Crippen LogP contribution >= 0.6 is 23.1 Å². The maximum atomic E-state index is 14.3. The molecule has 3 aromatic rings. The van der Waals surface area contributed by atoms with E-state index in [2.05, 4.69) is 5.32 Å². The summed E-state index contributed by atoms with van der Waals surface area (Å²) in [6.07, 6.45) is 1.67. The predicted molar refractivity (Wildman–Crippen MR) is 124 cm³/mol. The summed E-state index contributed by atoms with van der Waals surface area (Å²) in [4.78, 5) is 39.5. The number of carbonyl (C=O) groups excluding carboxylic acids is 3. The number of amides is 3. The predicted octanol–water partition coefficient (Wildman–Crippen LogP) is 4.65. The molecule has 4 rings (SSSR count). The highest BCUT2D eigenvalue weighted by Gasteiger charge is 2.34. The standard InChI is InChI=1S/C23H19FN2O4S2/c1-30-13-15-19-16(24)8-5-9-17(19)31-20(15)21(27)25-10-11-26-22(28)18(32-23(26)29)12-14-6-3-2-4-7-14/h2-9,12H,10-11,13H2,1H3,(H,25,27)/b18-12-. The van der Waals surface area contributed by atoms with Crippen molar-refractivity contribution < 1.29 is 23.5 Å². The molecule has 1 aliphatic heterocycles. The van der Waals surface area contributed by atoms with Gasteiger partial charge in [-0.2, -0.15) is 0 Å². The van der Waals surface area contributed by atoms with Gasteiger partial charge < -0.3 is 10.1 Å². The van der Waals surface area contributed by atoms with Crippen molar-refractivity contribution in [3.05, 3.63) is 75.3 Å². The molecule has 0 spiro atoms. The number of benzene rings is 2. The van der Waals surface area contributed by atoms with Crippen LogP contribution in [0, 0.1) is 5.82 Å². The molecular weight excluding hydrogens is 451 g/mol. The lowest BCUT2D eigenvalue weighted by Gasteiger charge is -2.13. The maximum Gasteiger partial charge on any atom is 0.293 e. The minimum atomic E-state index is -0.409. The number of hydrogen-bond donors (Lipinski definition) is 1. The van der Waals surface area contributed by atoms with E-state index in [-0.39, 0.29) is 30.8 Å². The van der Waals surface area contributed by atoms with Crippen LogP contribution in [0.25, 0.3) is 16.2 Å². The molecule has 0 aliphatic carbocycles. The molecule has 9 heteroatoms. The molecule has 1 fully saturated rings. The molecule has 0 saturated carbocycles. The van der Waals surface area contributed by atoms with E-state index in [0.29, 0.717) is 25.4 Å². The van der Waals surface area contributed by atoms with Crippen molar-refractivity contribution in [2.45, 2.75) is 6.61 Å². The zero-order chi connectivity index (χ0) is 22.7. The summed E-state index contributed by atoms with van der Waals surface area (Å²) in [6.45, 7) is 0.219. The van der Waals surface area contributed by atoms with Crippen molar-refractivity contribution >= 4 is 56.3 Å². The van der Waals surface area contributed by atoms with Gasteiger partial charge in [0.1, 0.15) is 5.82 Å². The van der Waals surface area contributed by atoms with Gasteiger partial charge in [0.2, 0.25) is 0 Å². The Morgan fingerprint density at radius 3 is 2.69 bits per heavy atom. The van der Waals surface area contributed by atoms with Crippen LogP contribution in [0.1, 0.15) is 20.8 Å². The summed E-state index contributed by atoms with van der Waals surface area (Å²) < 4.78 is 20.1. The molecule has 1 saturated heterocycles. The van der Waals surface area contributed by atoms with E-state index in [1.807, 2.05) is 30.3 Å². The highest BCUT2D eigenvalue weighted by Crippen LogP contribution is 2.34. The Labute approximate surface area is 192 Å². The van der Waals surface area contributed by atoms with Gasteiger partial charge >= 0.3 is 0 Å². The number of methoxy groups -OCH3 is 1. The molecule has 3 amide bonds. The lowest BCUT2D eigenvalue weighted by atomic mass is 10.1. The van der Waals surface area contributed by atoms with Gasteiger partial charge in [-0.05, 0) is 35.5 Å². The van der Waals surface area contributed by atoms with E-state index in [1.54, 1.807) is 18.2 Å². The van der Waals surface area contributed by atoms with Crippen molar-refractivity contribution in [2.24, 2.45) is 0 Å². The molecule has 0 atom stereocenters. The molecule has 164 valence electrons. The Hall–Kier alpha value is -3.01. The first-order chi connectivity index (χ1) is 15.5. The van der Waals surface area contributed by atoms with Gasteiger partial charge in [-0.1, -0.05) is 36.4 Å². The molecule has 0 bridgehead atoms. The molecule has 2 heterocycles. The number of fused-ring (bicyclic) bond motifs is 1. The molecule has 0 unspecified atom stereocenters. The van der Waals surface area contributed by atoms with Crippen molar-refractivity contribution in [1.82, 2.24) is 10.2 Å². The summed E-state index contributed by atoms with van der Waals surface area (Å²) in [6, 6.07) is 14.0. The first kappa shape index (κ1) is 22.2. The van der Waals surface area contributed by atoms with Gasteiger partial charge in [0.15, 0.2) is 0 Å². The molecular formula is C23H19FN2O4S2. The molecule has 6 nitrogen and oxygen atoms in total. The minimum Gasteiger partial charge on any atom is -0.380 e. The van der Waals surface area contributed by atoms with Gasteiger partial charge in [-0.15, -0.1) is 11.3 Å². The lowest BCUT2D eigenvalue weighted by Crippen LogP contribution is -2.37. The Kier molecular flexibility index (Phi) is 6.69. The minimum absolute atomic E-state index is 0.0431. The quantitative estimate of drug-likeness (QED) is 0.509. The zero-order valence-electron chi connectivity index (χ0n) is 17.1. The second kappa shape index (κ2) is 9.64. The molecule has 0 radical (unpaired) electrons. The van der Waals surface area contributed by atoms with E-state index in [4.69, 9.17) is 4.74 Å². The van der Waals surface area contributed by atoms with E-state index >= 15 is 0 Å². The summed E-state index contributed by atoms with van der Waals surface area (Å²) in [7, 11) is 1.48. The highest BCUT2D eigenvalue weighted by molar-refractivity contribution is 8.18. The van der Waals surface area contributed by atoms with Gasteiger partial charge in [0.25, 0.3) is 17.1 Å². The third-order valence-corrected chi connectivity index (χ3v) is 6.95. The number of carbonyl (C=O) groups is 3. The molecule has 1 N–H and O–H groups in total. The van der Waals surface area contributed by atoms with Crippen LogP contribution in [0.4, 0.5) is 9.18 Å². The number of rotatable bonds is 7. The number of thioether (sulfide) groups is 1. The first-order valence-corrected chi connectivity index (χ1v) is 11.4. The fourth-order valence-corrected chi connectivity index (χ4v) is 5.39. The number of nitrogens with zero attached hydrogens (tertiary/aromatic N) is 1. The smallest absolute Gasteiger partial charge is 0.293 e. The summed E-state index contributed by atoms with van der Waals surface area (Å²) in [5.41, 5.74) is 1.31. The molecule has 32 heavy (non-hydrogen) atoms. The molecule has 1 aromatic heterocycles. The van der Waals surface area contributed by atoms with Gasteiger partial charge in [-0.3, -0.25) is 19.3 Å². The highest BCUT2D eigenvalue weighted by atomic mass is 32.2. The van der Waals surface area contributed by atoms with Gasteiger partial charge in [-0.25, -0.2) is 4.39 Å². The number of nitrogens with one attached hydrogen (secondary N) is 1. The monoisotopic (exact) mass is 470 g/mol. The van der Waals surface area contributed by atoms with Crippen LogP contribution in [-0.2, 0) is 16.1 Å². The second-order valence-electron chi connectivity index (χ2n) is 6.96. The van der Waals surface area contributed by atoms with E-state index in [9.17, 15) is 18.8 Å². The normalized spacial score (nSPS) is 15.2. The van der Waals surface area contributed by atoms with Crippen LogP contribution in [0.5, 0.6) is 0 Å². The first-order valence-electron chi connectivity index (χ1n) is 9.77. The fraction of sp³-hybridized carbons (Fsp3) is 0.174. The maximum absolute atomic E-state index is 14.3. The molecule has 2 aromatic carbocycles. The second-order valence-corrected chi connectivity index (χ2v) is 9.00. The van der Waals surface area contributed by atoms with Crippen molar-refractivity contribution in [2.75, 3.05) is 20.2 Å². The number of thiophene rings is 1. The van der Waals surface area contributed by atoms with Crippen LogP contribution in [-0.4, -0.2) is 42.2 Å². The third kappa shape index (κ3) is 4.45. The fourth-order valence-electron chi connectivity index (χ4n) is 3.39. The van der Waals surface area contributed by atoms with E-state index < -0.39 is 11.7 Å². The van der Waals surface area contributed by atoms with E-state index in [1.165, 1.54) is 24.5 Å².